The van der Waals surface area contributed by atoms with Crippen molar-refractivity contribution in [3.63, 3.8) is 0 Å². The number of hydrogen-bond acceptors (Lipinski definition) is 8. The van der Waals surface area contributed by atoms with Crippen LogP contribution in [0.2, 0.25) is 0 Å². The van der Waals surface area contributed by atoms with Gasteiger partial charge in [0, 0.05) is 17.9 Å². The Hall–Kier alpha value is -3.13. The predicted octanol–water partition coefficient (Wildman–Crippen LogP) is 2.07. The molecule has 0 aromatic heterocycles. The topological polar surface area (TPSA) is 109 Å². The maximum absolute atomic E-state index is 12.7. The number of esters is 1. The van der Waals surface area contributed by atoms with Gasteiger partial charge < -0.3 is 34.5 Å². The summed E-state index contributed by atoms with van der Waals surface area (Å²) in [7, 11) is 2.93. The van der Waals surface area contributed by atoms with Gasteiger partial charge in [0.15, 0.2) is 23.0 Å². The number of ether oxygens (including phenoxy) is 5. The van der Waals surface area contributed by atoms with Gasteiger partial charge in [-0.3, -0.25) is 4.79 Å². The molecule has 8 heteroatoms. The van der Waals surface area contributed by atoms with E-state index in [9.17, 15) is 9.90 Å². The van der Waals surface area contributed by atoms with Crippen molar-refractivity contribution in [2.45, 2.75) is 12.0 Å². The van der Waals surface area contributed by atoms with Crippen molar-refractivity contribution in [1.29, 1.82) is 0 Å². The van der Waals surface area contributed by atoms with Crippen LogP contribution in [0.25, 0.3) is 0 Å². The molecule has 152 valence electrons. The van der Waals surface area contributed by atoms with E-state index in [-0.39, 0.29) is 54.5 Å². The molecule has 2 unspecified atom stereocenters. The lowest BCUT2D eigenvalue weighted by atomic mass is 9.65. The van der Waals surface area contributed by atoms with Gasteiger partial charge in [-0.15, -0.1) is 0 Å². The van der Waals surface area contributed by atoms with Gasteiger partial charge in [-0.05, 0) is 41.0 Å². The van der Waals surface area contributed by atoms with Crippen LogP contribution in [0.5, 0.6) is 28.7 Å². The fraction of sp³-hybridized carbons (Fsp3) is 0.381. The number of methoxy groups -OCH3 is 2. The average Bonchev–Trinajstić information content (AvgIpc) is 3.34. The summed E-state index contributed by atoms with van der Waals surface area (Å²) >= 11 is 0. The summed E-state index contributed by atoms with van der Waals surface area (Å²) in [5.74, 6) is 0.406. The lowest BCUT2D eigenvalue weighted by Crippen LogP contribution is -2.38. The molecule has 5 rings (SSSR count). The SMILES string of the molecule is COc1cc([C@@H]2c3cc4c(cc3[C@@H](N)C3COC(=O)C32)OCO4)cc(OC)c1O. The lowest BCUT2D eigenvalue weighted by molar-refractivity contribution is -0.141. The lowest BCUT2D eigenvalue weighted by Gasteiger charge is -2.37. The largest absolute Gasteiger partial charge is 0.502 e. The number of rotatable bonds is 3. The fourth-order valence-corrected chi connectivity index (χ4v) is 4.70. The van der Waals surface area contributed by atoms with Crippen LogP contribution < -0.4 is 24.7 Å². The standard InChI is InChI=1S/C21H21NO7/c1-25-15-3-9(4-16(26-2)20(15)23)17-10-5-13-14(29-8-28-13)6-11(10)19(22)12-7-27-21(24)18(12)17/h3-6,12,17-19,23H,7-8,22H2,1-2H3/t12?,17-,18?,19-/m1/s1. The molecule has 2 aliphatic heterocycles. The molecule has 0 bridgehead atoms. The first kappa shape index (κ1) is 17.9. The molecule has 2 heterocycles. The number of phenols is 1. The van der Waals surface area contributed by atoms with E-state index in [2.05, 4.69) is 0 Å². The molecular weight excluding hydrogens is 378 g/mol. The fourth-order valence-electron chi connectivity index (χ4n) is 4.70. The Morgan fingerprint density at radius 1 is 1.00 bits per heavy atom. The van der Waals surface area contributed by atoms with E-state index >= 15 is 0 Å². The van der Waals surface area contributed by atoms with E-state index in [1.807, 2.05) is 12.1 Å². The van der Waals surface area contributed by atoms with Crippen LogP contribution in [0.15, 0.2) is 24.3 Å². The highest BCUT2D eigenvalue weighted by atomic mass is 16.7. The first-order chi connectivity index (χ1) is 14.0. The predicted molar refractivity (Wildman–Crippen MR) is 100 cm³/mol. The van der Waals surface area contributed by atoms with E-state index in [1.165, 1.54) is 14.2 Å². The Labute approximate surface area is 167 Å². The van der Waals surface area contributed by atoms with Crippen LogP contribution in [0.3, 0.4) is 0 Å². The minimum atomic E-state index is -0.461. The first-order valence-electron chi connectivity index (χ1n) is 9.34. The summed E-state index contributed by atoms with van der Waals surface area (Å²) in [6.45, 7) is 0.412. The molecule has 0 spiro atoms. The van der Waals surface area contributed by atoms with Gasteiger partial charge in [-0.1, -0.05) is 0 Å². The summed E-state index contributed by atoms with van der Waals surface area (Å²) < 4.78 is 27.1. The Bertz CT molecular complexity index is 980. The molecule has 4 atom stereocenters. The number of phenolic OH excluding ortho intramolecular Hbond substituents is 1. The molecule has 1 aliphatic carbocycles. The monoisotopic (exact) mass is 399 g/mol. The zero-order chi connectivity index (χ0) is 20.3. The maximum atomic E-state index is 12.7. The van der Waals surface area contributed by atoms with Crippen LogP contribution in [-0.2, 0) is 9.53 Å². The highest BCUT2D eigenvalue weighted by molar-refractivity contribution is 5.79. The number of hydrogen-bond donors (Lipinski definition) is 2. The van der Waals surface area contributed by atoms with Crippen molar-refractivity contribution in [2.75, 3.05) is 27.6 Å². The number of carbonyl (C=O) groups excluding carboxylic acids is 1. The van der Waals surface area contributed by atoms with Gasteiger partial charge in [-0.2, -0.15) is 0 Å². The third-order valence-electron chi connectivity index (χ3n) is 6.11. The molecule has 1 saturated heterocycles. The Kier molecular flexibility index (Phi) is 3.99. The molecule has 2 aromatic rings. The molecular formula is C21H21NO7. The highest BCUT2D eigenvalue weighted by Gasteiger charge is 2.51. The van der Waals surface area contributed by atoms with E-state index in [0.29, 0.717) is 11.5 Å². The Morgan fingerprint density at radius 3 is 2.24 bits per heavy atom. The summed E-state index contributed by atoms with van der Waals surface area (Å²) in [5, 5.41) is 10.3. The van der Waals surface area contributed by atoms with E-state index < -0.39 is 5.92 Å². The molecule has 1 fully saturated rings. The number of cyclic esters (lactones) is 1. The second-order valence-corrected chi connectivity index (χ2v) is 7.43. The van der Waals surface area contributed by atoms with Gasteiger partial charge in [0.1, 0.15) is 0 Å². The van der Waals surface area contributed by atoms with Crippen molar-refractivity contribution in [2.24, 2.45) is 17.6 Å². The molecule has 0 amide bonds. The first-order valence-corrected chi connectivity index (χ1v) is 9.34. The van der Waals surface area contributed by atoms with Gasteiger partial charge in [0.2, 0.25) is 12.5 Å². The van der Waals surface area contributed by atoms with E-state index in [1.54, 1.807) is 12.1 Å². The third kappa shape index (κ3) is 2.52. The van der Waals surface area contributed by atoms with Gasteiger partial charge in [0.05, 0.1) is 26.7 Å². The summed E-state index contributed by atoms with van der Waals surface area (Å²) in [6.07, 6.45) is 0. The van der Waals surface area contributed by atoms with Crippen LogP contribution in [0, 0.1) is 11.8 Å². The van der Waals surface area contributed by atoms with E-state index in [4.69, 9.17) is 29.4 Å². The minimum absolute atomic E-state index is 0.0947. The van der Waals surface area contributed by atoms with Crippen molar-refractivity contribution in [1.82, 2.24) is 0 Å². The number of nitrogens with two attached hydrogens (primary N) is 1. The van der Waals surface area contributed by atoms with Crippen molar-refractivity contribution >= 4 is 5.97 Å². The normalized spacial score (nSPS) is 26.5. The molecule has 3 N–H and O–H groups in total. The molecule has 0 radical (unpaired) electrons. The van der Waals surface area contributed by atoms with Gasteiger partial charge >= 0.3 is 5.97 Å². The second-order valence-electron chi connectivity index (χ2n) is 7.43. The molecule has 3 aliphatic rings. The maximum Gasteiger partial charge on any atom is 0.310 e. The van der Waals surface area contributed by atoms with Crippen molar-refractivity contribution in [3.8, 4) is 28.7 Å². The van der Waals surface area contributed by atoms with Crippen LogP contribution in [0.4, 0.5) is 0 Å². The van der Waals surface area contributed by atoms with Gasteiger partial charge in [0.25, 0.3) is 0 Å². The number of carbonyl (C=O) groups is 1. The second kappa shape index (κ2) is 6.45. The summed E-state index contributed by atoms with van der Waals surface area (Å²) in [6, 6.07) is 6.85. The number of aromatic hydroxyl groups is 1. The quantitative estimate of drug-likeness (QED) is 0.755. The van der Waals surface area contributed by atoms with Crippen LogP contribution in [-0.4, -0.2) is 38.7 Å². The van der Waals surface area contributed by atoms with Crippen LogP contribution >= 0.6 is 0 Å². The van der Waals surface area contributed by atoms with Crippen molar-refractivity contribution < 1.29 is 33.6 Å². The molecule has 0 saturated carbocycles. The molecule has 2 aromatic carbocycles. The number of fused-ring (bicyclic) bond motifs is 3. The van der Waals surface area contributed by atoms with E-state index in [0.717, 1.165) is 16.7 Å². The summed E-state index contributed by atoms with van der Waals surface area (Å²) in [5.41, 5.74) is 9.07. The van der Waals surface area contributed by atoms with Gasteiger partial charge in [-0.25, -0.2) is 0 Å². The Morgan fingerprint density at radius 2 is 1.62 bits per heavy atom. The zero-order valence-corrected chi connectivity index (χ0v) is 16.0. The highest BCUT2D eigenvalue weighted by Crippen LogP contribution is 2.54. The third-order valence-corrected chi connectivity index (χ3v) is 6.11. The Balaban J connectivity index is 1.75. The smallest absolute Gasteiger partial charge is 0.310 e. The zero-order valence-electron chi connectivity index (χ0n) is 16.0. The average molecular weight is 399 g/mol. The minimum Gasteiger partial charge on any atom is -0.502 e. The molecule has 29 heavy (non-hydrogen) atoms. The number of benzene rings is 2. The summed E-state index contributed by atoms with van der Waals surface area (Å²) in [4.78, 5) is 12.7. The molecule has 8 nitrogen and oxygen atoms in total. The van der Waals surface area contributed by atoms with Crippen molar-refractivity contribution in [3.05, 3.63) is 41.0 Å². The van der Waals surface area contributed by atoms with Crippen LogP contribution in [0.1, 0.15) is 28.7 Å².